The van der Waals surface area contributed by atoms with E-state index >= 15 is 0 Å². The van der Waals surface area contributed by atoms with E-state index < -0.39 is 0 Å². The van der Waals surface area contributed by atoms with Gasteiger partial charge in [-0.2, -0.15) is 0 Å². The monoisotopic (exact) mass is 517 g/mol. The molecule has 0 spiro atoms. The van der Waals surface area contributed by atoms with Crippen LogP contribution in [0.1, 0.15) is 0 Å². The van der Waals surface area contributed by atoms with Gasteiger partial charge in [-0.05, 0) is 54.6 Å². The molecule has 37 heavy (non-hydrogen) atoms. The van der Waals surface area contributed by atoms with Gasteiger partial charge in [-0.25, -0.2) is 4.98 Å². The Balaban J connectivity index is 1.24. The maximum absolute atomic E-state index is 12.4. The van der Waals surface area contributed by atoms with E-state index in [1.54, 1.807) is 32.4 Å². The lowest BCUT2D eigenvalue weighted by molar-refractivity contribution is -0.113. The van der Waals surface area contributed by atoms with Gasteiger partial charge >= 0.3 is 0 Å². The van der Waals surface area contributed by atoms with Gasteiger partial charge in [-0.15, -0.1) is 10.2 Å². The highest BCUT2D eigenvalue weighted by Crippen LogP contribution is 2.31. The number of ether oxygens (including phenoxy) is 3. The molecule has 188 valence electrons. The first-order valence-electron chi connectivity index (χ1n) is 11.2. The number of nitrogens with one attached hydrogen (secondary N) is 2. The summed E-state index contributed by atoms with van der Waals surface area (Å²) in [5.41, 5.74) is 3.94. The largest absolute Gasteiger partial charge is 0.497 e. The fraction of sp³-hybridized carbons (Fsp3) is 0.154. The van der Waals surface area contributed by atoms with Gasteiger partial charge in [0.25, 0.3) is 5.22 Å². The number of anilines is 1. The second kappa shape index (κ2) is 10.6. The lowest BCUT2D eigenvalue weighted by atomic mass is 10.2. The molecule has 0 saturated heterocycles. The highest BCUT2D eigenvalue weighted by molar-refractivity contribution is 7.99. The van der Waals surface area contributed by atoms with Crippen LogP contribution in [-0.2, 0) is 4.79 Å². The number of H-pyrrole nitrogens is 1. The molecule has 0 atom stereocenters. The average molecular weight is 518 g/mol. The van der Waals surface area contributed by atoms with Crippen molar-refractivity contribution in [1.29, 1.82) is 0 Å². The van der Waals surface area contributed by atoms with Crippen LogP contribution in [0.2, 0.25) is 0 Å². The molecule has 1 amide bonds. The molecule has 0 unspecified atom stereocenters. The molecular weight excluding hydrogens is 494 g/mol. The van der Waals surface area contributed by atoms with Crippen molar-refractivity contribution in [2.24, 2.45) is 0 Å². The van der Waals surface area contributed by atoms with Crippen molar-refractivity contribution < 1.29 is 23.4 Å². The predicted molar refractivity (Wildman–Crippen MR) is 140 cm³/mol. The van der Waals surface area contributed by atoms with Gasteiger partial charge in [-0.1, -0.05) is 11.8 Å². The summed E-state index contributed by atoms with van der Waals surface area (Å²) in [6, 6.07) is 18.5. The smallest absolute Gasteiger partial charge is 0.277 e. The van der Waals surface area contributed by atoms with Gasteiger partial charge in [0, 0.05) is 22.9 Å². The number of aromatic nitrogens is 4. The van der Waals surface area contributed by atoms with Crippen molar-refractivity contribution >= 4 is 34.4 Å². The third-order valence-corrected chi connectivity index (χ3v) is 6.31. The predicted octanol–water partition coefficient (Wildman–Crippen LogP) is 5.04. The number of amides is 1. The zero-order valence-corrected chi connectivity index (χ0v) is 21.1. The van der Waals surface area contributed by atoms with E-state index in [4.69, 9.17) is 18.6 Å². The number of nitrogens with zero attached hydrogens (tertiary/aromatic N) is 3. The minimum Gasteiger partial charge on any atom is -0.497 e. The molecule has 0 radical (unpaired) electrons. The zero-order valence-electron chi connectivity index (χ0n) is 20.3. The van der Waals surface area contributed by atoms with E-state index in [1.807, 2.05) is 42.5 Å². The molecule has 10 nitrogen and oxygen atoms in total. The quantitative estimate of drug-likeness (QED) is 0.259. The molecule has 3 aromatic carbocycles. The van der Waals surface area contributed by atoms with Crippen molar-refractivity contribution in [2.75, 3.05) is 32.4 Å². The molecule has 5 rings (SSSR count). The van der Waals surface area contributed by atoms with Crippen LogP contribution >= 0.6 is 11.8 Å². The fourth-order valence-electron chi connectivity index (χ4n) is 3.65. The number of benzene rings is 3. The van der Waals surface area contributed by atoms with Crippen molar-refractivity contribution in [3.63, 3.8) is 0 Å². The summed E-state index contributed by atoms with van der Waals surface area (Å²) >= 11 is 1.15. The van der Waals surface area contributed by atoms with Crippen LogP contribution in [0.4, 0.5) is 5.69 Å². The number of imidazole rings is 1. The number of rotatable bonds is 9. The summed E-state index contributed by atoms with van der Waals surface area (Å²) in [6.45, 7) is 0. The van der Waals surface area contributed by atoms with Crippen LogP contribution < -0.4 is 19.5 Å². The minimum atomic E-state index is -0.220. The lowest BCUT2D eigenvalue weighted by Gasteiger charge is -2.10. The molecule has 5 aromatic rings. The second-order valence-corrected chi connectivity index (χ2v) is 8.75. The number of thioether (sulfide) groups is 1. The molecule has 2 heterocycles. The first-order valence-corrected chi connectivity index (χ1v) is 12.2. The first-order chi connectivity index (χ1) is 18.1. The Kier molecular flexibility index (Phi) is 6.95. The average Bonchev–Trinajstić information content (AvgIpc) is 3.59. The normalized spacial score (nSPS) is 10.9. The Morgan fingerprint density at radius 1 is 0.919 bits per heavy atom. The summed E-state index contributed by atoms with van der Waals surface area (Å²) in [5, 5.41) is 11.3. The van der Waals surface area contributed by atoms with Crippen LogP contribution in [0, 0.1) is 0 Å². The number of hydrogen-bond donors (Lipinski definition) is 2. The van der Waals surface area contributed by atoms with Crippen LogP contribution in [0.25, 0.3) is 33.9 Å². The van der Waals surface area contributed by atoms with Gasteiger partial charge < -0.3 is 28.9 Å². The SMILES string of the molecule is COc1ccc(-c2nc3ccc(-c4nnc(SCC(=O)Nc5ccc(OC)c(OC)c5)o4)cc3[nH]2)cc1. The standard InChI is InChI=1S/C26H23N5O5S/c1-33-18-8-4-15(5-9-18)24-28-19-10-6-16(12-20(19)29-24)25-30-31-26(36-25)37-14-23(32)27-17-7-11-21(34-2)22(13-17)35-3/h4-13H,14H2,1-3H3,(H,27,32)(H,28,29). The molecule has 0 aliphatic heterocycles. The van der Waals surface area contributed by atoms with Gasteiger partial charge in [-0.3, -0.25) is 4.79 Å². The van der Waals surface area contributed by atoms with E-state index in [2.05, 4.69) is 25.5 Å². The molecule has 0 fully saturated rings. The molecule has 0 aliphatic carbocycles. The third-order valence-electron chi connectivity index (χ3n) is 5.49. The van der Waals surface area contributed by atoms with Gasteiger partial charge in [0.2, 0.25) is 11.8 Å². The van der Waals surface area contributed by atoms with Gasteiger partial charge in [0.15, 0.2) is 11.5 Å². The number of fused-ring (bicyclic) bond motifs is 1. The Morgan fingerprint density at radius 2 is 1.70 bits per heavy atom. The number of carbonyl (C=O) groups is 1. The van der Waals surface area contributed by atoms with Crippen molar-refractivity contribution in [2.45, 2.75) is 5.22 Å². The number of carbonyl (C=O) groups excluding carboxylic acids is 1. The van der Waals surface area contributed by atoms with Crippen molar-refractivity contribution in [3.05, 3.63) is 60.7 Å². The lowest BCUT2D eigenvalue weighted by Crippen LogP contribution is -2.14. The minimum absolute atomic E-state index is 0.0980. The van der Waals surface area contributed by atoms with Crippen LogP contribution in [0.5, 0.6) is 17.2 Å². The van der Waals surface area contributed by atoms with E-state index in [-0.39, 0.29) is 11.7 Å². The third kappa shape index (κ3) is 5.36. The Bertz CT molecular complexity index is 1550. The Labute approximate surface area is 216 Å². The molecule has 0 saturated carbocycles. The molecule has 11 heteroatoms. The number of aromatic amines is 1. The number of methoxy groups -OCH3 is 3. The fourth-order valence-corrected chi connectivity index (χ4v) is 4.21. The Morgan fingerprint density at radius 3 is 2.46 bits per heavy atom. The summed E-state index contributed by atoms with van der Waals surface area (Å²) < 4.78 is 21.5. The zero-order chi connectivity index (χ0) is 25.8. The highest BCUT2D eigenvalue weighted by Gasteiger charge is 2.14. The highest BCUT2D eigenvalue weighted by atomic mass is 32.2. The molecular formula is C26H23N5O5S. The van der Waals surface area contributed by atoms with E-state index in [9.17, 15) is 4.79 Å². The summed E-state index contributed by atoms with van der Waals surface area (Å²) in [6.07, 6.45) is 0. The maximum Gasteiger partial charge on any atom is 0.277 e. The first kappa shape index (κ1) is 24.2. The van der Waals surface area contributed by atoms with E-state index in [0.717, 1.165) is 45.5 Å². The van der Waals surface area contributed by atoms with E-state index in [1.165, 1.54) is 7.11 Å². The summed E-state index contributed by atoms with van der Waals surface area (Å²) in [5.74, 6) is 2.87. The topological polar surface area (TPSA) is 124 Å². The van der Waals surface area contributed by atoms with Crippen LogP contribution in [0.15, 0.2) is 70.3 Å². The van der Waals surface area contributed by atoms with Crippen molar-refractivity contribution in [3.8, 4) is 40.1 Å². The van der Waals surface area contributed by atoms with Crippen LogP contribution in [0.3, 0.4) is 0 Å². The Hall–Kier alpha value is -4.51. The second-order valence-electron chi connectivity index (χ2n) is 7.83. The summed E-state index contributed by atoms with van der Waals surface area (Å²) in [7, 11) is 4.72. The van der Waals surface area contributed by atoms with E-state index in [0.29, 0.717) is 28.3 Å². The van der Waals surface area contributed by atoms with Gasteiger partial charge in [0.05, 0.1) is 38.1 Å². The molecule has 0 aliphatic rings. The van der Waals surface area contributed by atoms with Gasteiger partial charge in [0.1, 0.15) is 11.6 Å². The molecule has 2 aromatic heterocycles. The van der Waals surface area contributed by atoms with Crippen LogP contribution in [-0.4, -0.2) is 53.2 Å². The molecule has 0 bridgehead atoms. The maximum atomic E-state index is 12.4. The summed E-state index contributed by atoms with van der Waals surface area (Å²) in [4.78, 5) is 20.4. The molecule has 2 N–H and O–H groups in total. The van der Waals surface area contributed by atoms with Crippen molar-refractivity contribution in [1.82, 2.24) is 20.2 Å². The number of hydrogen-bond acceptors (Lipinski definition) is 9.